The summed E-state index contributed by atoms with van der Waals surface area (Å²) in [5.41, 5.74) is -0.0419. The molecule has 0 saturated heterocycles. The van der Waals surface area contributed by atoms with Crippen molar-refractivity contribution in [2.24, 2.45) is 0 Å². The number of carbonyl (C=O) groups is 2. The first-order chi connectivity index (χ1) is 14.9. The fourth-order valence-electron chi connectivity index (χ4n) is 3.27. The highest BCUT2D eigenvalue weighted by molar-refractivity contribution is 6.00. The van der Waals surface area contributed by atoms with Gasteiger partial charge in [0.2, 0.25) is 0 Å². The molecule has 0 atom stereocenters. The first-order valence-electron chi connectivity index (χ1n) is 11.2. The molecule has 0 saturated carbocycles. The number of benzene rings is 1. The molecule has 0 radical (unpaired) electrons. The lowest BCUT2D eigenvalue weighted by Gasteiger charge is -2.18. The standard InChI is InChI=1S/C22H37N5O4/c1-5-25(6-2)13-9-11-23-21(28)18-15-19(17-20(16-18)27(30)31)22(29)24-12-10-14-26(7-3)8-4/h15-17H,5-14H2,1-4H3,(H,23,28)(H,24,29). The number of amides is 2. The Morgan fingerprint density at radius 2 is 1.19 bits per heavy atom. The lowest BCUT2D eigenvalue weighted by atomic mass is 10.1. The molecule has 0 aliphatic rings. The molecule has 174 valence electrons. The smallest absolute Gasteiger partial charge is 0.271 e. The topological polar surface area (TPSA) is 108 Å². The molecule has 1 rings (SSSR count). The van der Waals surface area contributed by atoms with Crippen LogP contribution in [-0.4, -0.2) is 78.9 Å². The van der Waals surface area contributed by atoms with Gasteiger partial charge in [0.15, 0.2) is 0 Å². The predicted octanol–water partition coefficient (Wildman–Crippen LogP) is 2.52. The first-order valence-corrected chi connectivity index (χ1v) is 11.2. The lowest BCUT2D eigenvalue weighted by Crippen LogP contribution is -2.31. The Morgan fingerprint density at radius 3 is 1.52 bits per heavy atom. The number of rotatable bonds is 15. The van der Waals surface area contributed by atoms with E-state index in [0.717, 1.165) is 52.1 Å². The zero-order valence-corrected chi connectivity index (χ0v) is 19.3. The van der Waals surface area contributed by atoms with Crippen molar-refractivity contribution in [3.8, 4) is 0 Å². The maximum atomic E-state index is 12.5. The van der Waals surface area contributed by atoms with Gasteiger partial charge in [0.1, 0.15) is 0 Å². The number of carbonyl (C=O) groups excluding carboxylic acids is 2. The van der Waals surface area contributed by atoms with E-state index in [0.29, 0.717) is 13.1 Å². The van der Waals surface area contributed by atoms with Gasteiger partial charge in [-0.15, -0.1) is 0 Å². The van der Waals surface area contributed by atoms with Crippen molar-refractivity contribution in [3.63, 3.8) is 0 Å². The number of nitro groups is 1. The Kier molecular flexibility index (Phi) is 12.4. The lowest BCUT2D eigenvalue weighted by molar-refractivity contribution is -0.384. The van der Waals surface area contributed by atoms with Crippen molar-refractivity contribution in [1.29, 1.82) is 0 Å². The molecular weight excluding hydrogens is 398 g/mol. The van der Waals surface area contributed by atoms with Gasteiger partial charge < -0.3 is 20.4 Å². The van der Waals surface area contributed by atoms with E-state index in [1.165, 1.54) is 18.2 Å². The molecule has 1 aromatic rings. The molecule has 0 aliphatic heterocycles. The molecule has 0 fully saturated rings. The zero-order valence-electron chi connectivity index (χ0n) is 19.3. The molecule has 31 heavy (non-hydrogen) atoms. The van der Waals surface area contributed by atoms with E-state index < -0.39 is 16.7 Å². The second-order valence-corrected chi connectivity index (χ2v) is 7.30. The third-order valence-corrected chi connectivity index (χ3v) is 5.32. The van der Waals surface area contributed by atoms with Gasteiger partial charge >= 0.3 is 0 Å². The Bertz CT molecular complexity index is 668. The summed E-state index contributed by atoms with van der Waals surface area (Å²) in [5.74, 6) is -0.835. The van der Waals surface area contributed by atoms with Crippen LogP contribution >= 0.6 is 0 Å². The van der Waals surface area contributed by atoms with E-state index >= 15 is 0 Å². The largest absolute Gasteiger partial charge is 0.352 e. The Morgan fingerprint density at radius 1 is 0.806 bits per heavy atom. The van der Waals surface area contributed by atoms with E-state index in [-0.39, 0.29) is 16.8 Å². The summed E-state index contributed by atoms with van der Waals surface area (Å²) < 4.78 is 0. The summed E-state index contributed by atoms with van der Waals surface area (Å²) in [4.78, 5) is 40.2. The molecule has 0 unspecified atom stereocenters. The van der Waals surface area contributed by atoms with Gasteiger partial charge in [-0.2, -0.15) is 0 Å². The average molecular weight is 436 g/mol. The summed E-state index contributed by atoms with van der Waals surface area (Å²) >= 11 is 0. The number of nitrogens with one attached hydrogen (secondary N) is 2. The van der Waals surface area contributed by atoms with Crippen LogP contribution in [0.1, 0.15) is 61.3 Å². The van der Waals surface area contributed by atoms with Crippen LogP contribution in [0.25, 0.3) is 0 Å². The van der Waals surface area contributed by atoms with E-state index in [1.54, 1.807) is 0 Å². The van der Waals surface area contributed by atoms with Gasteiger partial charge in [-0.05, 0) is 58.2 Å². The van der Waals surface area contributed by atoms with Crippen LogP contribution in [0.4, 0.5) is 5.69 Å². The van der Waals surface area contributed by atoms with Gasteiger partial charge in [0, 0.05) is 36.3 Å². The zero-order chi connectivity index (χ0) is 23.2. The van der Waals surface area contributed by atoms with E-state index in [1.807, 2.05) is 0 Å². The molecule has 9 nitrogen and oxygen atoms in total. The number of hydrogen-bond acceptors (Lipinski definition) is 6. The van der Waals surface area contributed by atoms with Crippen LogP contribution in [0, 0.1) is 10.1 Å². The van der Waals surface area contributed by atoms with Gasteiger partial charge in [0.05, 0.1) is 4.92 Å². The third-order valence-electron chi connectivity index (χ3n) is 5.32. The second-order valence-electron chi connectivity index (χ2n) is 7.30. The van der Waals surface area contributed by atoms with Gasteiger partial charge in [-0.3, -0.25) is 19.7 Å². The molecule has 0 heterocycles. The monoisotopic (exact) mass is 435 g/mol. The van der Waals surface area contributed by atoms with E-state index in [4.69, 9.17) is 0 Å². The fraction of sp³-hybridized carbons (Fsp3) is 0.636. The van der Waals surface area contributed by atoms with Gasteiger partial charge in [-0.25, -0.2) is 0 Å². The Balaban J connectivity index is 2.72. The van der Waals surface area contributed by atoms with E-state index in [9.17, 15) is 19.7 Å². The van der Waals surface area contributed by atoms with Crippen LogP contribution in [-0.2, 0) is 0 Å². The Hall–Kier alpha value is -2.52. The van der Waals surface area contributed by atoms with Crippen LogP contribution in [0.3, 0.4) is 0 Å². The number of nitrogens with zero attached hydrogens (tertiary/aromatic N) is 3. The number of hydrogen-bond donors (Lipinski definition) is 2. The first kappa shape index (κ1) is 26.5. The molecule has 2 N–H and O–H groups in total. The molecule has 0 spiro atoms. The molecule has 2 amide bonds. The van der Waals surface area contributed by atoms with Crippen molar-refractivity contribution in [1.82, 2.24) is 20.4 Å². The van der Waals surface area contributed by atoms with Crippen molar-refractivity contribution < 1.29 is 14.5 Å². The van der Waals surface area contributed by atoms with Crippen molar-refractivity contribution in [2.45, 2.75) is 40.5 Å². The van der Waals surface area contributed by atoms with Crippen LogP contribution in [0.2, 0.25) is 0 Å². The van der Waals surface area contributed by atoms with Gasteiger partial charge in [0.25, 0.3) is 17.5 Å². The molecule has 0 bridgehead atoms. The van der Waals surface area contributed by atoms with Crippen LogP contribution in [0.15, 0.2) is 18.2 Å². The summed E-state index contributed by atoms with van der Waals surface area (Å²) in [6, 6.07) is 3.82. The summed E-state index contributed by atoms with van der Waals surface area (Å²) in [7, 11) is 0. The number of non-ortho nitro benzene ring substituents is 1. The molecule has 0 aromatic heterocycles. The highest BCUT2D eigenvalue weighted by Crippen LogP contribution is 2.17. The van der Waals surface area contributed by atoms with Crippen molar-refractivity contribution in [2.75, 3.05) is 52.4 Å². The normalized spacial score (nSPS) is 11.0. The minimum Gasteiger partial charge on any atom is -0.352 e. The van der Waals surface area contributed by atoms with Gasteiger partial charge in [-0.1, -0.05) is 27.7 Å². The summed E-state index contributed by atoms with van der Waals surface area (Å²) in [6.45, 7) is 14.8. The highest BCUT2D eigenvalue weighted by Gasteiger charge is 2.18. The molecule has 9 heteroatoms. The maximum Gasteiger partial charge on any atom is 0.271 e. The predicted molar refractivity (Wildman–Crippen MR) is 123 cm³/mol. The molecular formula is C22H37N5O4. The third kappa shape index (κ3) is 9.44. The van der Waals surface area contributed by atoms with Crippen LogP contribution in [0.5, 0.6) is 0 Å². The molecule has 0 aliphatic carbocycles. The minimum absolute atomic E-state index is 0.116. The fourth-order valence-corrected chi connectivity index (χ4v) is 3.27. The maximum absolute atomic E-state index is 12.5. The van der Waals surface area contributed by atoms with Crippen molar-refractivity contribution >= 4 is 17.5 Å². The molecule has 1 aromatic carbocycles. The summed E-state index contributed by atoms with van der Waals surface area (Å²) in [5, 5.41) is 16.9. The average Bonchev–Trinajstić information content (AvgIpc) is 2.78. The Labute approximate surface area is 185 Å². The second kappa shape index (κ2) is 14.5. The SMILES string of the molecule is CCN(CC)CCCNC(=O)c1cc(C(=O)NCCCN(CC)CC)cc([N+](=O)[O-])c1. The van der Waals surface area contributed by atoms with E-state index in [2.05, 4.69) is 48.1 Å². The highest BCUT2D eigenvalue weighted by atomic mass is 16.6. The minimum atomic E-state index is -0.589. The number of nitro benzene ring substituents is 1. The van der Waals surface area contributed by atoms with Crippen molar-refractivity contribution in [3.05, 3.63) is 39.4 Å². The quantitative estimate of drug-likeness (QED) is 0.249. The summed E-state index contributed by atoms with van der Waals surface area (Å²) in [6.07, 6.45) is 1.56. The van der Waals surface area contributed by atoms with Crippen LogP contribution < -0.4 is 10.6 Å².